The number of carbonyl (C=O) groups excluding carboxylic acids is 1. The lowest BCUT2D eigenvalue weighted by Gasteiger charge is -2.13. The standard InChI is InChI=1S/C12H11N2OS.BrH/c15-9-13-6-5-12-14(7-8-16-12)11-4-2-1-3-10(11)13;/h1-4,7-9H,5-6H2;1H/q+1;/p-1. The molecular formula is C12H11BrN2OS. The Labute approximate surface area is 114 Å². The van der Waals surface area contributed by atoms with E-state index in [2.05, 4.69) is 16.1 Å². The topological polar surface area (TPSA) is 24.2 Å². The molecule has 2 heterocycles. The second-order valence-electron chi connectivity index (χ2n) is 3.70. The third-order valence-corrected chi connectivity index (χ3v) is 3.76. The quantitative estimate of drug-likeness (QED) is 0.467. The molecule has 5 heteroatoms. The number of halogens is 1. The second-order valence-corrected chi connectivity index (χ2v) is 4.68. The predicted octanol–water partition coefficient (Wildman–Crippen LogP) is -1.45. The second kappa shape index (κ2) is 4.98. The van der Waals surface area contributed by atoms with Gasteiger partial charge in [0, 0.05) is 12.6 Å². The molecule has 0 bridgehead atoms. The van der Waals surface area contributed by atoms with E-state index in [0.29, 0.717) is 0 Å². The lowest BCUT2D eigenvalue weighted by atomic mass is 10.2. The number of para-hydroxylation sites is 2. The summed E-state index contributed by atoms with van der Waals surface area (Å²) in [5.41, 5.74) is 2.07. The largest absolute Gasteiger partial charge is 1.00 e. The van der Waals surface area contributed by atoms with E-state index in [1.165, 1.54) is 5.01 Å². The van der Waals surface area contributed by atoms with Crippen LogP contribution in [0.3, 0.4) is 0 Å². The summed E-state index contributed by atoms with van der Waals surface area (Å²) in [7, 11) is 0. The first-order valence-electron chi connectivity index (χ1n) is 5.19. The van der Waals surface area contributed by atoms with Crippen molar-refractivity contribution >= 4 is 23.4 Å². The van der Waals surface area contributed by atoms with E-state index < -0.39 is 0 Å². The van der Waals surface area contributed by atoms with Crippen molar-refractivity contribution in [2.45, 2.75) is 6.42 Å². The molecule has 0 saturated carbocycles. The van der Waals surface area contributed by atoms with Crippen LogP contribution >= 0.6 is 11.3 Å². The summed E-state index contributed by atoms with van der Waals surface area (Å²) in [5, 5.41) is 3.37. The van der Waals surface area contributed by atoms with Crippen molar-refractivity contribution < 1.29 is 26.3 Å². The third kappa shape index (κ3) is 2.00. The van der Waals surface area contributed by atoms with Crippen LogP contribution in [0.5, 0.6) is 0 Å². The van der Waals surface area contributed by atoms with E-state index in [9.17, 15) is 4.79 Å². The molecular weight excluding hydrogens is 300 g/mol. The summed E-state index contributed by atoms with van der Waals surface area (Å²) in [6.45, 7) is 0.751. The summed E-state index contributed by atoms with van der Waals surface area (Å²) < 4.78 is 2.17. The number of hydrogen-bond donors (Lipinski definition) is 0. The van der Waals surface area contributed by atoms with Gasteiger partial charge in [0.05, 0.1) is 11.8 Å². The van der Waals surface area contributed by atoms with Crippen LogP contribution in [0, 0.1) is 0 Å². The van der Waals surface area contributed by atoms with Gasteiger partial charge in [-0.25, -0.2) is 0 Å². The number of amides is 1. The van der Waals surface area contributed by atoms with Crippen LogP contribution in [0.2, 0.25) is 0 Å². The van der Waals surface area contributed by atoms with Gasteiger partial charge in [-0.05, 0) is 6.07 Å². The maximum Gasteiger partial charge on any atom is 0.244 e. The average molecular weight is 311 g/mol. The average Bonchev–Trinajstić information content (AvgIpc) is 2.73. The molecule has 2 aromatic rings. The summed E-state index contributed by atoms with van der Waals surface area (Å²) in [6, 6.07) is 8.01. The van der Waals surface area contributed by atoms with Crippen LogP contribution in [-0.2, 0) is 11.2 Å². The van der Waals surface area contributed by atoms with Crippen molar-refractivity contribution in [1.29, 1.82) is 0 Å². The highest BCUT2D eigenvalue weighted by atomic mass is 79.9. The van der Waals surface area contributed by atoms with E-state index in [0.717, 1.165) is 30.8 Å². The molecule has 1 amide bonds. The van der Waals surface area contributed by atoms with Crippen LogP contribution < -0.4 is 26.4 Å². The molecule has 0 spiro atoms. The molecule has 88 valence electrons. The van der Waals surface area contributed by atoms with Crippen LogP contribution in [-0.4, -0.2) is 13.0 Å². The van der Waals surface area contributed by atoms with Gasteiger partial charge in [-0.1, -0.05) is 23.5 Å². The van der Waals surface area contributed by atoms with Gasteiger partial charge in [-0.3, -0.25) is 4.79 Å². The van der Waals surface area contributed by atoms with Gasteiger partial charge in [-0.15, -0.1) is 0 Å². The van der Waals surface area contributed by atoms with Gasteiger partial charge in [0.2, 0.25) is 17.1 Å². The van der Waals surface area contributed by atoms with Crippen molar-refractivity contribution in [2.24, 2.45) is 0 Å². The summed E-state index contributed by atoms with van der Waals surface area (Å²) in [5.74, 6) is 0. The van der Waals surface area contributed by atoms with Gasteiger partial charge in [0.25, 0.3) is 0 Å². The van der Waals surface area contributed by atoms with Gasteiger partial charge in [-0.2, -0.15) is 4.57 Å². The Hall–Kier alpha value is -1.20. The minimum atomic E-state index is 0. The van der Waals surface area contributed by atoms with Crippen LogP contribution in [0.4, 0.5) is 5.69 Å². The number of benzene rings is 1. The Morgan fingerprint density at radius 1 is 1.35 bits per heavy atom. The molecule has 3 nitrogen and oxygen atoms in total. The molecule has 3 rings (SSSR count). The molecule has 0 fully saturated rings. The van der Waals surface area contributed by atoms with Crippen LogP contribution in [0.15, 0.2) is 35.8 Å². The molecule has 1 aliphatic rings. The molecule has 17 heavy (non-hydrogen) atoms. The zero-order valence-corrected chi connectivity index (χ0v) is 11.4. The number of hydrogen-bond acceptors (Lipinski definition) is 2. The van der Waals surface area contributed by atoms with E-state index in [1.807, 2.05) is 24.3 Å². The molecule has 1 aromatic carbocycles. The highest BCUT2D eigenvalue weighted by molar-refractivity contribution is 7.09. The van der Waals surface area contributed by atoms with Gasteiger partial charge >= 0.3 is 0 Å². The van der Waals surface area contributed by atoms with Crippen molar-refractivity contribution in [3.63, 3.8) is 0 Å². The Kier molecular flexibility index (Phi) is 3.59. The summed E-state index contributed by atoms with van der Waals surface area (Å²) >= 11 is 1.74. The first-order chi connectivity index (χ1) is 7.90. The maximum atomic E-state index is 11.1. The molecule has 0 radical (unpaired) electrons. The molecule has 0 atom stereocenters. The van der Waals surface area contributed by atoms with Gasteiger partial charge in [0.15, 0.2) is 6.20 Å². The van der Waals surface area contributed by atoms with Crippen molar-refractivity contribution in [3.05, 3.63) is 40.8 Å². The fourth-order valence-electron chi connectivity index (χ4n) is 2.06. The number of nitrogens with zero attached hydrogens (tertiary/aromatic N) is 2. The molecule has 0 aliphatic carbocycles. The SMILES string of the molecule is O=CN1CCc2scc[n+]2-c2ccccc21.[Br-]. The highest BCUT2D eigenvalue weighted by Crippen LogP contribution is 2.24. The first kappa shape index (κ1) is 12.3. The molecule has 0 N–H and O–H groups in total. The number of anilines is 1. The van der Waals surface area contributed by atoms with E-state index >= 15 is 0 Å². The molecule has 1 aliphatic heterocycles. The van der Waals surface area contributed by atoms with Crippen molar-refractivity contribution in [3.8, 4) is 5.69 Å². The zero-order chi connectivity index (χ0) is 11.0. The van der Waals surface area contributed by atoms with Gasteiger partial charge < -0.3 is 21.9 Å². The Balaban J connectivity index is 0.00000108. The third-order valence-electron chi connectivity index (χ3n) is 2.83. The van der Waals surface area contributed by atoms with Crippen LogP contribution in [0.25, 0.3) is 5.69 Å². The molecule has 1 aromatic heterocycles. The molecule has 0 saturated heterocycles. The van der Waals surface area contributed by atoms with E-state index in [1.54, 1.807) is 16.2 Å². The summed E-state index contributed by atoms with van der Waals surface area (Å²) in [6.07, 6.45) is 3.88. The van der Waals surface area contributed by atoms with Crippen LogP contribution in [0.1, 0.15) is 5.01 Å². The Morgan fingerprint density at radius 3 is 3.00 bits per heavy atom. The minimum absolute atomic E-state index is 0. The number of carbonyl (C=O) groups is 1. The first-order valence-corrected chi connectivity index (χ1v) is 6.07. The predicted molar refractivity (Wildman–Crippen MR) is 63.0 cm³/mol. The minimum Gasteiger partial charge on any atom is -1.00 e. The fourth-order valence-corrected chi connectivity index (χ4v) is 2.88. The number of aromatic nitrogens is 1. The smallest absolute Gasteiger partial charge is 0.244 e. The summed E-state index contributed by atoms with van der Waals surface area (Å²) in [4.78, 5) is 12.8. The highest BCUT2D eigenvalue weighted by Gasteiger charge is 2.26. The number of fused-ring (bicyclic) bond motifs is 3. The van der Waals surface area contributed by atoms with E-state index in [-0.39, 0.29) is 17.0 Å². The van der Waals surface area contributed by atoms with E-state index in [4.69, 9.17) is 0 Å². The normalized spacial score (nSPS) is 13.1. The van der Waals surface area contributed by atoms with Crippen molar-refractivity contribution in [2.75, 3.05) is 11.4 Å². The lowest BCUT2D eigenvalue weighted by molar-refractivity contribution is -0.596. The Bertz CT molecular complexity index is 541. The maximum absolute atomic E-state index is 11.1. The Morgan fingerprint density at radius 2 is 2.18 bits per heavy atom. The fraction of sp³-hybridized carbons (Fsp3) is 0.167. The number of rotatable bonds is 1. The van der Waals surface area contributed by atoms with Crippen molar-refractivity contribution in [1.82, 2.24) is 0 Å². The lowest BCUT2D eigenvalue weighted by Crippen LogP contribution is -3.00. The monoisotopic (exact) mass is 310 g/mol. The zero-order valence-electron chi connectivity index (χ0n) is 9.04. The molecule has 0 unspecified atom stereocenters. The number of thiazole rings is 1. The van der Waals surface area contributed by atoms with Gasteiger partial charge in [0.1, 0.15) is 5.69 Å².